The third kappa shape index (κ3) is 6.93. The third-order valence-corrected chi connectivity index (χ3v) is 4.72. The van der Waals surface area contributed by atoms with Crippen LogP contribution in [0.5, 0.6) is 0 Å². The number of nitrogens with two attached hydrogens (primary N) is 1. The molecule has 1 aliphatic rings. The molecule has 28 heavy (non-hydrogen) atoms. The summed E-state index contributed by atoms with van der Waals surface area (Å²) in [4.78, 5) is 22.8. The Hall–Kier alpha value is -1.88. The lowest BCUT2D eigenvalue weighted by Crippen LogP contribution is -2.43. The van der Waals surface area contributed by atoms with Crippen molar-refractivity contribution in [3.05, 3.63) is 35.4 Å². The van der Waals surface area contributed by atoms with Crippen molar-refractivity contribution in [2.24, 2.45) is 5.73 Å². The highest BCUT2D eigenvalue weighted by atomic mass is 32.2. The van der Waals surface area contributed by atoms with Gasteiger partial charge in [-0.1, -0.05) is 12.1 Å². The van der Waals surface area contributed by atoms with Crippen molar-refractivity contribution in [1.29, 1.82) is 0 Å². The summed E-state index contributed by atoms with van der Waals surface area (Å²) in [6, 6.07) is 3.66. The Morgan fingerprint density at radius 1 is 1.32 bits per heavy atom. The van der Waals surface area contributed by atoms with E-state index in [1.165, 1.54) is 6.07 Å². The number of carbonyl (C=O) groups excluding carboxylic acids is 1. The van der Waals surface area contributed by atoms with E-state index in [9.17, 15) is 26.7 Å². The Labute approximate surface area is 163 Å². The van der Waals surface area contributed by atoms with Gasteiger partial charge in [0.05, 0.1) is 6.04 Å². The Morgan fingerprint density at radius 3 is 2.46 bits per heavy atom. The first-order valence-electron chi connectivity index (χ1n) is 8.26. The van der Waals surface area contributed by atoms with E-state index in [2.05, 4.69) is 0 Å². The van der Waals surface area contributed by atoms with Gasteiger partial charge in [0.1, 0.15) is 0 Å². The second kappa shape index (κ2) is 10.6. The van der Waals surface area contributed by atoms with Crippen LogP contribution < -0.4 is 5.73 Å². The van der Waals surface area contributed by atoms with E-state index >= 15 is 0 Å². The van der Waals surface area contributed by atoms with Crippen LogP contribution in [0.1, 0.15) is 24.3 Å². The van der Waals surface area contributed by atoms with Crippen LogP contribution in [0.15, 0.2) is 18.2 Å². The van der Waals surface area contributed by atoms with Gasteiger partial charge in [0.25, 0.3) is 0 Å². The van der Waals surface area contributed by atoms with Gasteiger partial charge < -0.3 is 15.7 Å². The highest BCUT2D eigenvalue weighted by Crippen LogP contribution is 2.29. The minimum atomic E-state index is -5.08. The number of halogens is 5. The van der Waals surface area contributed by atoms with Crippen molar-refractivity contribution in [3.63, 3.8) is 0 Å². The number of carboxylic acid groups (broad SMARTS) is 1. The second-order valence-corrected chi connectivity index (χ2v) is 7.09. The summed E-state index contributed by atoms with van der Waals surface area (Å²) >= 11 is 1.64. The number of rotatable bonds is 4. The smallest absolute Gasteiger partial charge is 0.475 e. The van der Waals surface area contributed by atoms with Gasteiger partial charge in [0.15, 0.2) is 11.6 Å². The van der Waals surface area contributed by atoms with Crippen LogP contribution in [-0.4, -0.2) is 59.2 Å². The molecule has 11 heteroatoms. The van der Waals surface area contributed by atoms with Gasteiger partial charge in [-0.15, -0.1) is 0 Å². The van der Waals surface area contributed by atoms with Crippen LogP contribution in [0.2, 0.25) is 0 Å². The average molecular weight is 428 g/mol. The van der Waals surface area contributed by atoms with Crippen molar-refractivity contribution in [2.45, 2.75) is 31.0 Å². The summed E-state index contributed by atoms with van der Waals surface area (Å²) in [6.07, 6.45) is -2.04. The molecule has 0 unspecified atom stereocenters. The normalized spacial score (nSPS) is 20.2. The molecule has 0 bridgehead atoms. The predicted octanol–water partition coefficient (Wildman–Crippen LogP) is 2.99. The highest BCUT2D eigenvalue weighted by Gasteiger charge is 2.38. The molecule has 1 heterocycles. The van der Waals surface area contributed by atoms with Crippen LogP contribution in [0.3, 0.4) is 0 Å². The Bertz CT molecular complexity index is 687. The molecule has 5 nitrogen and oxygen atoms in total. The molecule has 1 aliphatic heterocycles. The van der Waals surface area contributed by atoms with Gasteiger partial charge in [-0.3, -0.25) is 4.79 Å². The summed E-state index contributed by atoms with van der Waals surface area (Å²) in [5.74, 6) is -3.91. The van der Waals surface area contributed by atoms with Gasteiger partial charge >= 0.3 is 12.1 Å². The van der Waals surface area contributed by atoms with E-state index < -0.39 is 29.8 Å². The zero-order valence-electron chi connectivity index (χ0n) is 15.0. The van der Waals surface area contributed by atoms with Crippen molar-refractivity contribution < 1.29 is 36.6 Å². The summed E-state index contributed by atoms with van der Waals surface area (Å²) < 4.78 is 59.1. The van der Waals surface area contributed by atoms with Crippen LogP contribution in [0.25, 0.3) is 0 Å². The van der Waals surface area contributed by atoms with Crippen LogP contribution in [0.4, 0.5) is 22.0 Å². The second-order valence-electron chi connectivity index (χ2n) is 6.10. The van der Waals surface area contributed by atoms with Crippen LogP contribution in [-0.2, 0) is 9.59 Å². The maximum absolute atomic E-state index is 14.0. The summed E-state index contributed by atoms with van der Waals surface area (Å²) in [5, 5.41) is 7.12. The molecular formula is C17H21F5N2O3S. The first-order chi connectivity index (χ1) is 13.0. The SMILES string of the molecule is CSCCN1C[C@H](c2cccc(F)c2F)CC[C@@H](N)C1=O.O=C(O)C(F)(F)F. The molecule has 2 rings (SSSR count). The minimum absolute atomic E-state index is 0.0941. The minimum Gasteiger partial charge on any atom is -0.475 e. The van der Waals surface area contributed by atoms with Gasteiger partial charge in [0.2, 0.25) is 5.91 Å². The number of amides is 1. The molecule has 0 saturated carbocycles. The number of benzene rings is 1. The average Bonchev–Trinajstić information content (AvgIpc) is 2.75. The van der Waals surface area contributed by atoms with E-state index in [0.29, 0.717) is 31.5 Å². The summed E-state index contributed by atoms with van der Waals surface area (Å²) in [5.41, 5.74) is 6.22. The monoisotopic (exact) mass is 428 g/mol. The number of aliphatic carboxylic acids is 1. The first kappa shape index (κ1) is 24.2. The topological polar surface area (TPSA) is 83.6 Å². The van der Waals surface area contributed by atoms with Gasteiger partial charge in [-0.2, -0.15) is 24.9 Å². The number of carbonyl (C=O) groups is 2. The van der Waals surface area contributed by atoms with E-state index in [-0.39, 0.29) is 11.8 Å². The molecule has 1 aromatic rings. The molecule has 2 atom stereocenters. The quantitative estimate of drug-likeness (QED) is 0.721. The molecule has 1 saturated heterocycles. The molecular weight excluding hydrogens is 407 g/mol. The maximum Gasteiger partial charge on any atom is 0.490 e. The highest BCUT2D eigenvalue weighted by molar-refractivity contribution is 7.98. The van der Waals surface area contributed by atoms with Gasteiger partial charge in [-0.25, -0.2) is 13.6 Å². The standard InChI is InChI=1S/C15H20F2N2OS.C2HF3O2/c1-21-8-7-19-9-10(5-6-13(18)15(19)20)11-3-2-4-12(16)14(11)17;3-2(4,5)1(6)7/h2-4,10,13H,5-9,18H2,1H3;(H,6,7)/t10-,13-;/m1./s1. The van der Waals surface area contributed by atoms with E-state index in [0.717, 1.165) is 11.8 Å². The van der Waals surface area contributed by atoms with Crippen LogP contribution >= 0.6 is 11.8 Å². The molecule has 1 amide bonds. The fraction of sp³-hybridized carbons (Fsp3) is 0.529. The number of nitrogens with zero attached hydrogens (tertiary/aromatic N) is 1. The number of alkyl halides is 3. The van der Waals surface area contributed by atoms with Gasteiger partial charge in [0, 0.05) is 24.8 Å². The zero-order valence-corrected chi connectivity index (χ0v) is 15.8. The fourth-order valence-corrected chi connectivity index (χ4v) is 3.08. The fourth-order valence-electron chi connectivity index (χ4n) is 2.68. The largest absolute Gasteiger partial charge is 0.490 e. The molecule has 0 radical (unpaired) electrons. The Balaban J connectivity index is 0.000000480. The Morgan fingerprint density at radius 2 is 1.93 bits per heavy atom. The lowest BCUT2D eigenvalue weighted by molar-refractivity contribution is -0.192. The molecule has 0 aliphatic carbocycles. The predicted molar refractivity (Wildman–Crippen MR) is 95.0 cm³/mol. The van der Waals surface area contributed by atoms with Crippen molar-refractivity contribution in [2.75, 3.05) is 25.1 Å². The first-order valence-corrected chi connectivity index (χ1v) is 9.65. The van der Waals surface area contributed by atoms with E-state index in [1.807, 2.05) is 6.26 Å². The zero-order chi connectivity index (χ0) is 21.5. The lowest BCUT2D eigenvalue weighted by Gasteiger charge is -2.25. The molecule has 0 spiro atoms. The van der Waals surface area contributed by atoms with Crippen molar-refractivity contribution in [3.8, 4) is 0 Å². The molecule has 3 N–H and O–H groups in total. The lowest BCUT2D eigenvalue weighted by atomic mass is 9.93. The Kier molecular flexibility index (Phi) is 9.15. The van der Waals surface area contributed by atoms with E-state index in [4.69, 9.17) is 15.6 Å². The maximum atomic E-state index is 14.0. The number of hydrogen-bond acceptors (Lipinski definition) is 4. The molecule has 1 aromatic carbocycles. The molecule has 1 fully saturated rings. The number of thioether (sulfide) groups is 1. The molecule has 158 valence electrons. The van der Waals surface area contributed by atoms with Crippen molar-refractivity contribution in [1.82, 2.24) is 4.90 Å². The van der Waals surface area contributed by atoms with E-state index in [1.54, 1.807) is 22.7 Å². The summed E-state index contributed by atoms with van der Waals surface area (Å²) in [7, 11) is 0. The van der Waals surface area contributed by atoms with Crippen LogP contribution in [0, 0.1) is 11.6 Å². The number of hydrogen-bond donors (Lipinski definition) is 2. The number of likely N-dealkylation sites (tertiary alicyclic amines) is 1. The summed E-state index contributed by atoms with van der Waals surface area (Å²) in [6.45, 7) is 0.981. The van der Waals surface area contributed by atoms with Crippen molar-refractivity contribution >= 4 is 23.6 Å². The van der Waals surface area contributed by atoms with Gasteiger partial charge in [-0.05, 0) is 30.7 Å². The third-order valence-electron chi connectivity index (χ3n) is 4.12. The molecule has 0 aromatic heterocycles. The number of carboxylic acids is 1.